The van der Waals surface area contributed by atoms with E-state index in [9.17, 15) is 4.79 Å². The molecular formula is C4H6NO2-. The summed E-state index contributed by atoms with van der Waals surface area (Å²) in [6.07, 6.45) is 0.476. The summed E-state index contributed by atoms with van der Waals surface area (Å²) in [6, 6.07) is 0. The van der Waals surface area contributed by atoms with Gasteiger partial charge in [0.05, 0.1) is 13.0 Å². The topological polar surface area (TPSA) is 29.5 Å². The van der Waals surface area contributed by atoms with Crippen molar-refractivity contribution in [1.29, 1.82) is 0 Å². The van der Waals surface area contributed by atoms with Crippen LogP contribution in [-0.4, -0.2) is 17.6 Å². The number of hydroxylamine groups is 2. The number of hydrogen-bond donors (Lipinski definition) is 0. The zero-order chi connectivity index (χ0) is 5.28. The minimum atomic E-state index is -0.0417. The molecule has 1 aliphatic heterocycles. The molecule has 3 heteroatoms. The maximum atomic E-state index is 10.3. The lowest BCUT2D eigenvalue weighted by atomic mass is 10.5. The van der Waals surface area contributed by atoms with Crippen LogP contribution in [0.3, 0.4) is 0 Å². The van der Waals surface area contributed by atoms with Gasteiger partial charge in [-0.15, -0.1) is 0 Å². The maximum absolute atomic E-state index is 10.3. The van der Waals surface area contributed by atoms with Crippen LogP contribution in [0.1, 0.15) is 6.42 Å². The summed E-state index contributed by atoms with van der Waals surface area (Å²) in [5, 5.41) is 1.01. The summed E-state index contributed by atoms with van der Waals surface area (Å²) in [5.74, 6) is -0.0417. The second kappa shape index (κ2) is 1.50. The molecule has 3 nitrogen and oxygen atoms in total. The summed E-state index contributed by atoms with van der Waals surface area (Å²) in [6.45, 7) is 0.488. The van der Waals surface area contributed by atoms with E-state index >= 15 is 0 Å². The molecule has 0 aliphatic carbocycles. The number of hydrogen-bond acceptors (Lipinski definition) is 2. The van der Waals surface area contributed by atoms with Crippen LogP contribution in [0, 0.1) is 7.05 Å². The van der Waals surface area contributed by atoms with Crippen molar-refractivity contribution in [2.24, 2.45) is 0 Å². The molecule has 0 saturated carbocycles. The second-order valence-electron chi connectivity index (χ2n) is 1.36. The summed E-state index contributed by atoms with van der Waals surface area (Å²) >= 11 is 0. The molecule has 0 atom stereocenters. The van der Waals surface area contributed by atoms with Gasteiger partial charge in [0.2, 0.25) is 5.91 Å². The third-order valence-corrected chi connectivity index (χ3v) is 0.841. The normalized spacial score (nSPS) is 21.3. The van der Waals surface area contributed by atoms with E-state index in [4.69, 9.17) is 0 Å². The molecule has 1 aliphatic rings. The van der Waals surface area contributed by atoms with E-state index in [-0.39, 0.29) is 5.91 Å². The summed E-state index contributed by atoms with van der Waals surface area (Å²) in [5.41, 5.74) is 0. The average Bonchev–Trinajstić information content (AvgIpc) is 1.91. The molecule has 0 N–H and O–H groups in total. The predicted molar refractivity (Wildman–Crippen MR) is 22.8 cm³/mol. The standard InChI is InChI=1S/C4H6NO2/c1-5-4(6)2-3-7-5/h1-3H2/q-1. The van der Waals surface area contributed by atoms with Crippen LogP contribution >= 0.6 is 0 Å². The van der Waals surface area contributed by atoms with Crippen molar-refractivity contribution in [2.75, 3.05) is 6.61 Å². The highest BCUT2D eigenvalue weighted by Gasteiger charge is 2.10. The fraction of sp³-hybridized carbons (Fsp3) is 0.500. The Morgan fingerprint density at radius 3 is 2.71 bits per heavy atom. The minimum absolute atomic E-state index is 0.0417. The molecule has 0 aromatic heterocycles. The Bertz CT molecular complexity index is 91.7. The zero-order valence-corrected chi connectivity index (χ0v) is 3.89. The number of carbonyl (C=O) groups excluding carboxylic acids is 1. The molecule has 40 valence electrons. The van der Waals surface area contributed by atoms with Gasteiger partial charge in [-0.05, 0) is 0 Å². The van der Waals surface area contributed by atoms with Crippen molar-refractivity contribution in [1.82, 2.24) is 5.06 Å². The first-order valence-electron chi connectivity index (χ1n) is 2.07. The first kappa shape index (κ1) is 4.59. The smallest absolute Gasteiger partial charge is 0.218 e. The van der Waals surface area contributed by atoms with Crippen molar-refractivity contribution in [2.45, 2.75) is 6.42 Å². The highest BCUT2D eigenvalue weighted by Crippen LogP contribution is 2.02. The zero-order valence-electron chi connectivity index (χ0n) is 3.89. The SMILES string of the molecule is [CH2-]N1OCCC1=O. The molecule has 0 bridgehead atoms. The summed E-state index contributed by atoms with van der Waals surface area (Å²) in [7, 11) is 3.28. The molecule has 0 radical (unpaired) electrons. The van der Waals surface area contributed by atoms with E-state index in [2.05, 4.69) is 11.9 Å². The highest BCUT2D eigenvalue weighted by atomic mass is 16.7. The van der Waals surface area contributed by atoms with Gasteiger partial charge < -0.3 is 9.90 Å². The van der Waals surface area contributed by atoms with Gasteiger partial charge in [0.1, 0.15) is 0 Å². The van der Waals surface area contributed by atoms with Crippen molar-refractivity contribution >= 4 is 5.91 Å². The number of carbonyl (C=O) groups is 1. The van der Waals surface area contributed by atoms with Crippen LogP contribution in [0.4, 0.5) is 0 Å². The van der Waals surface area contributed by atoms with Crippen molar-refractivity contribution < 1.29 is 9.63 Å². The van der Waals surface area contributed by atoms with Gasteiger partial charge in [-0.3, -0.25) is 4.79 Å². The van der Waals surface area contributed by atoms with Crippen LogP contribution in [-0.2, 0) is 9.63 Å². The van der Waals surface area contributed by atoms with E-state index in [0.717, 1.165) is 5.06 Å². The lowest BCUT2D eigenvalue weighted by Crippen LogP contribution is -2.13. The Labute approximate surface area is 41.8 Å². The van der Waals surface area contributed by atoms with Gasteiger partial charge in [0.15, 0.2) is 0 Å². The van der Waals surface area contributed by atoms with Crippen LogP contribution in [0.2, 0.25) is 0 Å². The van der Waals surface area contributed by atoms with E-state index in [1.807, 2.05) is 0 Å². The van der Waals surface area contributed by atoms with Crippen molar-refractivity contribution in [3.05, 3.63) is 7.05 Å². The third kappa shape index (κ3) is 0.718. The van der Waals surface area contributed by atoms with Gasteiger partial charge in [-0.25, -0.2) is 7.05 Å². The Morgan fingerprint density at radius 1 is 1.86 bits per heavy atom. The first-order chi connectivity index (χ1) is 3.30. The second-order valence-corrected chi connectivity index (χ2v) is 1.36. The summed E-state index contributed by atoms with van der Waals surface area (Å²) in [4.78, 5) is 15.0. The van der Waals surface area contributed by atoms with Crippen molar-refractivity contribution in [3.8, 4) is 0 Å². The largest absolute Gasteiger partial charge is 0.376 e. The van der Waals surface area contributed by atoms with Gasteiger partial charge in [-0.2, -0.15) is 0 Å². The van der Waals surface area contributed by atoms with E-state index in [1.165, 1.54) is 0 Å². The Morgan fingerprint density at radius 2 is 2.57 bits per heavy atom. The molecule has 1 rings (SSSR count). The number of amides is 1. The molecule has 0 spiro atoms. The quantitative estimate of drug-likeness (QED) is 0.399. The third-order valence-electron chi connectivity index (χ3n) is 0.841. The number of rotatable bonds is 0. The monoisotopic (exact) mass is 100 g/mol. The van der Waals surface area contributed by atoms with Crippen LogP contribution in [0.5, 0.6) is 0 Å². The fourth-order valence-electron chi connectivity index (χ4n) is 0.440. The van der Waals surface area contributed by atoms with E-state index in [0.29, 0.717) is 13.0 Å². The first-order valence-corrected chi connectivity index (χ1v) is 2.07. The van der Waals surface area contributed by atoms with Gasteiger partial charge >= 0.3 is 0 Å². The Balaban J connectivity index is 2.48. The lowest BCUT2D eigenvalue weighted by Gasteiger charge is -2.13. The van der Waals surface area contributed by atoms with Crippen LogP contribution < -0.4 is 0 Å². The van der Waals surface area contributed by atoms with Crippen LogP contribution in [0.25, 0.3) is 0 Å². The fourth-order valence-corrected chi connectivity index (χ4v) is 0.440. The van der Waals surface area contributed by atoms with Gasteiger partial charge in [0, 0.05) is 0 Å². The highest BCUT2D eigenvalue weighted by molar-refractivity contribution is 5.76. The van der Waals surface area contributed by atoms with Gasteiger partial charge in [-0.1, -0.05) is 0 Å². The number of nitrogens with zero attached hydrogens (tertiary/aromatic N) is 1. The molecule has 0 aromatic rings. The molecule has 1 amide bonds. The molecular weight excluding hydrogens is 94.0 g/mol. The Kier molecular flexibility index (Phi) is 0.982. The molecule has 1 saturated heterocycles. The molecule has 1 fully saturated rings. The molecule has 0 unspecified atom stereocenters. The molecule has 1 heterocycles. The van der Waals surface area contributed by atoms with Gasteiger partial charge in [0.25, 0.3) is 0 Å². The maximum Gasteiger partial charge on any atom is 0.218 e. The van der Waals surface area contributed by atoms with Crippen molar-refractivity contribution in [3.63, 3.8) is 0 Å². The lowest BCUT2D eigenvalue weighted by molar-refractivity contribution is -0.149. The van der Waals surface area contributed by atoms with Crippen LogP contribution in [0.15, 0.2) is 0 Å². The molecule has 7 heavy (non-hydrogen) atoms. The molecule has 0 aromatic carbocycles. The summed E-state index contributed by atoms with van der Waals surface area (Å²) < 4.78 is 0. The van der Waals surface area contributed by atoms with E-state index < -0.39 is 0 Å². The minimum Gasteiger partial charge on any atom is -0.376 e. The predicted octanol–water partition coefficient (Wildman–Crippen LogP) is -0.0581. The average molecular weight is 100 g/mol. The van der Waals surface area contributed by atoms with E-state index in [1.54, 1.807) is 0 Å². The Hall–Kier alpha value is -0.570.